The SMILES string of the molecule is CCCC(C)(CO)NC(=O)NC(C)C1CCOCC1. The third kappa shape index (κ3) is 5.37. The van der Waals surface area contributed by atoms with Crippen LogP contribution in [0.2, 0.25) is 0 Å². The van der Waals surface area contributed by atoms with E-state index < -0.39 is 5.54 Å². The fourth-order valence-electron chi connectivity index (χ4n) is 2.58. The van der Waals surface area contributed by atoms with Gasteiger partial charge in [0.05, 0.1) is 12.1 Å². The number of ether oxygens (including phenoxy) is 1. The maximum atomic E-state index is 12.0. The first-order chi connectivity index (χ1) is 9.00. The summed E-state index contributed by atoms with van der Waals surface area (Å²) in [7, 11) is 0. The molecule has 0 aliphatic carbocycles. The molecule has 1 saturated heterocycles. The van der Waals surface area contributed by atoms with Crippen LogP contribution in [0.1, 0.15) is 46.5 Å². The predicted octanol–water partition coefficient (Wildman–Crippen LogP) is 1.65. The molecule has 5 nitrogen and oxygen atoms in total. The molecule has 0 radical (unpaired) electrons. The highest BCUT2D eigenvalue weighted by Crippen LogP contribution is 2.18. The van der Waals surface area contributed by atoms with Crippen LogP contribution in [0.25, 0.3) is 0 Å². The number of urea groups is 1. The van der Waals surface area contributed by atoms with E-state index in [2.05, 4.69) is 10.6 Å². The van der Waals surface area contributed by atoms with Crippen LogP contribution >= 0.6 is 0 Å². The Kier molecular flexibility index (Phi) is 6.58. The molecule has 19 heavy (non-hydrogen) atoms. The van der Waals surface area contributed by atoms with Gasteiger partial charge in [-0.05, 0) is 39.0 Å². The Morgan fingerprint density at radius 2 is 2.11 bits per heavy atom. The molecular weight excluding hydrogens is 244 g/mol. The van der Waals surface area contributed by atoms with E-state index in [1.165, 1.54) is 0 Å². The highest BCUT2D eigenvalue weighted by atomic mass is 16.5. The second kappa shape index (κ2) is 7.70. The van der Waals surface area contributed by atoms with Gasteiger partial charge in [0.2, 0.25) is 0 Å². The molecule has 2 amide bonds. The summed E-state index contributed by atoms with van der Waals surface area (Å²) in [5.74, 6) is 0.478. The molecule has 0 aromatic rings. The van der Waals surface area contributed by atoms with Gasteiger partial charge >= 0.3 is 6.03 Å². The summed E-state index contributed by atoms with van der Waals surface area (Å²) in [5.41, 5.74) is -0.534. The number of carbonyl (C=O) groups is 1. The molecular formula is C14H28N2O3. The molecule has 112 valence electrons. The first-order valence-corrected chi connectivity index (χ1v) is 7.28. The average Bonchev–Trinajstić information content (AvgIpc) is 2.39. The molecule has 3 N–H and O–H groups in total. The van der Waals surface area contributed by atoms with Crippen molar-refractivity contribution >= 4 is 6.03 Å². The Balaban J connectivity index is 2.40. The highest BCUT2D eigenvalue weighted by molar-refractivity contribution is 5.75. The summed E-state index contributed by atoms with van der Waals surface area (Å²) in [6.07, 6.45) is 3.68. The minimum atomic E-state index is -0.534. The second-order valence-corrected chi connectivity index (χ2v) is 5.81. The van der Waals surface area contributed by atoms with Crippen LogP contribution in [-0.4, -0.2) is 42.5 Å². The molecule has 0 spiro atoms. The van der Waals surface area contributed by atoms with Crippen LogP contribution in [0.3, 0.4) is 0 Å². The quantitative estimate of drug-likeness (QED) is 0.688. The van der Waals surface area contributed by atoms with Crippen LogP contribution in [0.15, 0.2) is 0 Å². The lowest BCUT2D eigenvalue weighted by molar-refractivity contribution is 0.0567. The van der Waals surface area contributed by atoms with E-state index >= 15 is 0 Å². The van der Waals surface area contributed by atoms with Gasteiger partial charge in [-0.15, -0.1) is 0 Å². The third-order valence-electron chi connectivity index (χ3n) is 3.90. The lowest BCUT2D eigenvalue weighted by Crippen LogP contribution is -2.55. The first-order valence-electron chi connectivity index (χ1n) is 7.28. The molecule has 1 rings (SSSR count). The minimum Gasteiger partial charge on any atom is -0.394 e. The summed E-state index contributed by atoms with van der Waals surface area (Å²) in [6, 6.07) is -0.0579. The first kappa shape index (κ1) is 16.2. The number of hydrogen-bond donors (Lipinski definition) is 3. The fraction of sp³-hybridized carbons (Fsp3) is 0.929. The lowest BCUT2D eigenvalue weighted by Gasteiger charge is -2.32. The van der Waals surface area contributed by atoms with Gasteiger partial charge in [-0.3, -0.25) is 0 Å². The van der Waals surface area contributed by atoms with E-state index in [1.54, 1.807) is 0 Å². The number of nitrogens with one attached hydrogen (secondary N) is 2. The zero-order valence-corrected chi connectivity index (χ0v) is 12.4. The number of rotatable bonds is 6. The molecule has 2 atom stereocenters. The van der Waals surface area contributed by atoms with E-state index in [-0.39, 0.29) is 18.7 Å². The van der Waals surface area contributed by atoms with Gasteiger partial charge in [0.15, 0.2) is 0 Å². The lowest BCUT2D eigenvalue weighted by atomic mass is 9.93. The standard InChI is InChI=1S/C14H28N2O3/c1-4-7-14(3,10-17)16-13(18)15-11(2)12-5-8-19-9-6-12/h11-12,17H,4-10H2,1-3H3,(H2,15,16,18). The van der Waals surface area contributed by atoms with Crippen molar-refractivity contribution in [1.82, 2.24) is 10.6 Å². The summed E-state index contributed by atoms with van der Waals surface area (Å²) in [4.78, 5) is 12.0. The predicted molar refractivity (Wildman–Crippen MR) is 75.1 cm³/mol. The van der Waals surface area contributed by atoms with Crippen LogP contribution < -0.4 is 10.6 Å². The molecule has 2 unspecified atom stereocenters. The second-order valence-electron chi connectivity index (χ2n) is 5.81. The van der Waals surface area contributed by atoms with Crippen molar-refractivity contribution in [2.45, 2.75) is 58.0 Å². The summed E-state index contributed by atoms with van der Waals surface area (Å²) in [6.45, 7) is 7.46. The Morgan fingerprint density at radius 3 is 2.63 bits per heavy atom. The topological polar surface area (TPSA) is 70.6 Å². The van der Waals surface area contributed by atoms with E-state index in [0.717, 1.165) is 38.9 Å². The van der Waals surface area contributed by atoms with E-state index in [9.17, 15) is 9.90 Å². The van der Waals surface area contributed by atoms with Crippen LogP contribution in [0, 0.1) is 5.92 Å². The Labute approximate surface area is 116 Å². The minimum absolute atomic E-state index is 0.0418. The molecule has 0 aromatic heterocycles. The van der Waals surface area contributed by atoms with E-state index in [0.29, 0.717) is 5.92 Å². The van der Waals surface area contributed by atoms with Crippen molar-refractivity contribution < 1.29 is 14.6 Å². The van der Waals surface area contributed by atoms with Crippen LogP contribution in [0.4, 0.5) is 4.79 Å². The van der Waals surface area contributed by atoms with Gasteiger partial charge in [-0.2, -0.15) is 0 Å². The number of aliphatic hydroxyl groups excluding tert-OH is 1. The summed E-state index contributed by atoms with van der Waals surface area (Å²) in [5, 5.41) is 15.3. The molecule has 1 aliphatic rings. The molecule has 5 heteroatoms. The molecule has 0 saturated carbocycles. The van der Waals surface area contributed by atoms with Crippen molar-refractivity contribution in [1.29, 1.82) is 0 Å². The van der Waals surface area contributed by atoms with E-state index in [1.807, 2.05) is 20.8 Å². The smallest absolute Gasteiger partial charge is 0.315 e. The number of carbonyl (C=O) groups excluding carboxylic acids is 1. The summed E-state index contributed by atoms with van der Waals surface area (Å²) < 4.78 is 5.32. The van der Waals surface area contributed by atoms with Gasteiger partial charge in [0, 0.05) is 19.3 Å². The zero-order chi connectivity index (χ0) is 14.3. The van der Waals surface area contributed by atoms with Gasteiger partial charge in [-0.1, -0.05) is 13.3 Å². The maximum Gasteiger partial charge on any atom is 0.315 e. The Bertz CT molecular complexity index is 280. The van der Waals surface area contributed by atoms with Gasteiger partial charge < -0.3 is 20.5 Å². The molecule has 0 bridgehead atoms. The average molecular weight is 272 g/mol. The molecule has 1 aliphatic heterocycles. The van der Waals surface area contributed by atoms with Crippen LogP contribution in [-0.2, 0) is 4.74 Å². The Morgan fingerprint density at radius 1 is 1.47 bits per heavy atom. The fourth-order valence-corrected chi connectivity index (χ4v) is 2.58. The molecule has 1 heterocycles. The number of hydrogen-bond acceptors (Lipinski definition) is 3. The molecule has 0 aromatic carbocycles. The normalized spacial score (nSPS) is 21.5. The number of amides is 2. The van der Waals surface area contributed by atoms with Crippen molar-refractivity contribution in [3.63, 3.8) is 0 Å². The monoisotopic (exact) mass is 272 g/mol. The number of aliphatic hydroxyl groups is 1. The Hall–Kier alpha value is -0.810. The van der Waals surface area contributed by atoms with Gasteiger partial charge in [0.25, 0.3) is 0 Å². The van der Waals surface area contributed by atoms with Crippen molar-refractivity contribution in [3.05, 3.63) is 0 Å². The highest BCUT2D eigenvalue weighted by Gasteiger charge is 2.27. The van der Waals surface area contributed by atoms with Gasteiger partial charge in [0.1, 0.15) is 0 Å². The molecule has 1 fully saturated rings. The van der Waals surface area contributed by atoms with Crippen molar-refractivity contribution in [2.24, 2.45) is 5.92 Å². The van der Waals surface area contributed by atoms with E-state index in [4.69, 9.17) is 4.74 Å². The van der Waals surface area contributed by atoms with Crippen molar-refractivity contribution in [3.8, 4) is 0 Å². The zero-order valence-electron chi connectivity index (χ0n) is 12.4. The maximum absolute atomic E-state index is 12.0. The van der Waals surface area contributed by atoms with Crippen LogP contribution in [0.5, 0.6) is 0 Å². The van der Waals surface area contributed by atoms with Gasteiger partial charge in [-0.25, -0.2) is 4.79 Å². The third-order valence-corrected chi connectivity index (χ3v) is 3.90. The summed E-state index contributed by atoms with van der Waals surface area (Å²) >= 11 is 0. The van der Waals surface area contributed by atoms with Crippen molar-refractivity contribution in [2.75, 3.05) is 19.8 Å². The largest absolute Gasteiger partial charge is 0.394 e.